The molecule has 0 spiro atoms. The molecule has 1 amide bonds. The van der Waals surface area contributed by atoms with Gasteiger partial charge in [-0.15, -0.1) is 0 Å². The Morgan fingerprint density at radius 3 is 2.13 bits per heavy atom. The molecule has 4 N–H and O–H groups in total. The molecular weight excluding hydrogens is 790 g/mol. The highest BCUT2D eigenvalue weighted by Gasteiger charge is 2.78. The molecule has 6 rings (SSSR count). The number of carbonyl (C=O) groups is 6. The number of amides is 1. The van der Waals surface area contributed by atoms with Gasteiger partial charge >= 0.3 is 23.9 Å². The van der Waals surface area contributed by atoms with Gasteiger partial charge in [-0.05, 0) is 49.1 Å². The Hall–Kier alpha value is -4.96. The molecule has 2 unspecified atom stereocenters. The lowest BCUT2D eigenvalue weighted by atomic mass is 9.44. The number of carbonyl (C=O) groups excluding carboxylic acids is 6. The average molecular weight is 848 g/mol. The molecule has 15 nitrogen and oxygen atoms in total. The number of hydrogen-bond acceptors (Lipinski definition) is 14. The number of fused-ring (bicyclic) bond motifs is 5. The Labute approximate surface area is 355 Å². The van der Waals surface area contributed by atoms with E-state index in [-0.39, 0.29) is 36.2 Å². The number of aliphatic hydroxyl groups is 3. The molecule has 2 saturated carbocycles. The van der Waals surface area contributed by atoms with Crippen molar-refractivity contribution in [1.82, 2.24) is 5.32 Å². The van der Waals surface area contributed by atoms with Crippen molar-refractivity contribution in [3.8, 4) is 0 Å². The first-order valence-electron chi connectivity index (χ1n) is 20.9. The first-order valence-corrected chi connectivity index (χ1v) is 20.9. The van der Waals surface area contributed by atoms with E-state index in [1.807, 2.05) is 6.92 Å². The van der Waals surface area contributed by atoms with Gasteiger partial charge in [-0.25, -0.2) is 9.59 Å². The summed E-state index contributed by atoms with van der Waals surface area (Å²) in [7, 11) is 0. The fourth-order valence-corrected chi connectivity index (χ4v) is 10.1. The van der Waals surface area contributed by atoms with Crippen molar-refractivity contribution in [3.63, 3.8) is 0 Å². The number of Topliss-reactive ketones (excluding diaryl/α,β-unsaturated/α-hetero) is 1. The van der Waals surface area contributed by atoms with Crippen LogP contribution in [0.4, 0.5) is 0 Å². The van der Waals surface area contributed by atoms with Gasteiger partial charge in [0.15, 0.2) is 23.6 Å². The van der Waals surface area contributed by atoms with Gasteiger partial charge in [0.25, 0.3) is 0 Å². The maximum Gasteiger partial charge on any atom is 0.338 e. The van der Waals surface area contributed by atoms with E-state index in [0.717, 1.165) is 26.7 Å². The summed E-state index contributed by atoms with van der Waals surface area (Å²) in [5, 5.41) is 40.2. The Balaban J connectivity index is 1.52. The third-order valence-corrected chi connectivity index (χ3v) is 13.5. The number of ketones is 1. The molecule has 2 aromatic rings. The number of hydrogen-bond donors (Lipinski definition) is 4. The zero-order chi connectivity index (χ0) is 44.7. The SMILES string of the molecule is CCCCCC(=O)N[C@@H](c1ccccc1)[C@@H](O)C(=O)O[C@H]1C[C@@]2(O)[C@@H](OC(=O)c3ccccc3)[C@@H]3C4(OC(C)=O)COC4C[C@H](O)[C@@]3(C)C(=O)[C@H](OC(C)=O)C(=C1C)C2(C)C. The van der Waals surface area contributed by atoms with Crippen LogP contribution in [0.3, 0.4) is 0 Å². The first-order chi connectivity index (χ1) is 28.7. The third kappa shape index (κ3) is 8.01. The number of rotatable bonds is 13. The van der Waals surface area contributed by atoms with Crippen molar-refractivity contribution < 1.29 is 67.8 Å². The Kier molecular flexibility index (Phi) is 13.0. The number of ether oxygens (including phenoxy) is 5. The number of nitrogens with one attached hydrogen (secondary N) is 1. The lowest BCUT2D eigenvalue weighted by Crippen LogP contribution is -2.82. The number of aliphatic hydroxyl groups excluding tert-OH is 2. The minimum absolute atomic E-state index is 0.0127. The summed E-state index contributed by atoms with van der Waals surface area (Å²) in [4.78, 5) is 83.0. The second-order valence-corrected chi connectivity index (χ2v) is 17.5. The van der Waals surface area contributed by atoms with Crippen LogP contribution in [0.1, 0.15) is 109 Å². The minimum atomic E-state index is -2.37. The van der Waals surface area contributed by atoms with Crippen LogP contribution in [0, 0.1) is 16.7 Å². The fourth-order valence-electron chi connectivity index (χ4n) is 10.1. The van der Waals surface area contributed by atoms with E-state index in [1.165, 1.54) is 26.0 Å². The highest BCUT2D eigenvalue weighted by atomic mass is 16.6. The lowest BCUT2D eigenvalue weighted by molar-refractivity contribution is -0.346. The molecular formula is C46H57NO14. The van der Waals surface area contributed by atoms with E-state index in [4.69, 9.17) is 23.7 Å². The van der Waals surface area contributed by atoms with E-state index in [9.17, 15) is 39.3 Å². The Bertz CT molecular complexity index is 2050. The molecule has 11 atom stereocenters. The van der Waals surface area contributed by atoms with Crippen LogP contribution in [0.25, 0.3) is 0 Å². The molecule has 1 heterocycles. The van der Waals surface area contributed by atoms with Crippen LogP contribution in [-0.4, -0.2) is 105 Å². The minimum Gasteiger partial charge on any atom is -0.456 e. The van der Waals surface area contributed by atoms with Gasteiger partial charge in [0.05, 0.1) is 35.6 Å². The molecule has 61 heavy (non-hydrogen) atoms. The maximum atomic E-state index is 15.5. The van der Waals surface area contributed by atoms with Gasteiger partial charge in [-0.3, -0.25) is 19.2 Å². The van der Waals surface area contributed by atoms with Crippen LogP contribution in [-0.2, 0) is 47.7 Å². The van der Waals surface area contributed by atoms with Crippen LogP contribution < -0.4 is 5.32 Å². The van der Waals surface area contributed by atoms with E-state index in [1.54, 1.807) is 62.4 Å². The zero-order valence-corrected chi connectivity index (χ0v) is 35.7. The van der Waals surface area contributed by atoms with E-state index < -0.39 is 113 Å². The predicted octanol–water partition coefficient (Wildman–Crippen LogP) is 4.00. The molecule has 3 aliphatic carbocycles. The van der Waals surface area contributed by atoms with Crippen molar-refractivity contribution >= 4 is 35.6 Å². The fraction of sp³-hybridized carbons (Fsp3) is 0.565. The standard InChI is InChI=1S/C46H57NO14/c1-8-9-12-21-33(51)47-35(28-17-13-10-14-18-28)36(52)42(55)59-30-23-46(56)40(60-41(54)29-19-15-11-16-20-29)38-44(7,31(50)22-32-45(38,24-57-32)61-27(4)49)39(53)37(58-26(3)48)34(25(30)2)43(46,5)6/h10-11,13-20,30-32,35-38,40,50,52,56H,8-9,12,21-24H2,1-7H3,(H,47,51)/t30-,31-,32?,35-,36+,37+,38-,40-,44+,45?,46+/m0/s1. The maximum absolute atomic E-state index is 15.5. The van der Waals surface area contributed by atoms with Crippen LogP contribution in [0.5, 0.6) is 0 Å². The van der Waals surface area contributed by atoms with Crippen molar-refractivity contribution in [2.45, 2.75) is 141 Å². The molecule has 3 fully saturated rings. The summed E-state index contributed by atoms with van der Waals surface area (Å²) in [6, 6.07) is 15.0. The Morgan fingerprint density at radius 1 is 0.918 bits per heavy atom. The first kappa shape index (κ1) is 45.6. The normalized spacial score (nSPS) is 32.3. The van der Waals surface area contributed by atoms with Crippen LogP contribution in [0.15, 0.2) is 71.8 Å². The highest BCUT2D eigenvalue weighted by molar-refractivity contribution is 5.95. The van der Waals surface area contributed by atoms with Gasteiger partial charge in [-0.1, -0.05) is 82.1 Å². The summed E-state index contributed by atoms with van der Waals surface area (Å²) in [6.45, 7) is 10.0. The topological polar surface area (TPSA) is 221 Å². The molecule has 4 aliphatic rings. The summed E-state index contributed by atoms with van der Waals surface area (Å²) in [5.41, 5.74) is -7.12. The lowest BCUT2D eigenvalue weighted by Gasteiger charge is -2.67. The molecule has 15 heteroatoms. The summed E-state index contributed by atoms with van der Waals surface area (Å²) >= 11 is 0. The molecule has 1 aliphatic heterocycles. The molecule has 1 saturated heterocycles. The Morgan fingerprint density at radius 2 is 1.56 bits per heavy atom. The molecule has 2 aromatic carbocycles. The molecule has 0 aromatic heterocycles. The summed E-state index contributed by atoms with van der Waals surface area (Å²) in [6.07, 6.45) is -7.92. The smallest absolute Gasteiger partial charge is 0.338 e. The monoisotopic (exact) mass is 847 g/mol. The zero-order valence-electron chi connectivity index (χ0n) is 35.7. The average Bonchev–Trinajstić information content (AvgIpc) is 3.21. The van der Waals surface area contributed by atoms with Gasteiger partial charge in [0.1, 0.15) is 23.9 Å². The second kappa shape index (κ2) is 17.4. The van der Waals surface area contributed by atoms with Crippen LogP contribution in [0.2, 0.25) is 0 Å². The summed E-state index contributed by atoms with van der Waals surface area (Å²) < 4.78 is 30.3. The summed E-state index contributed by atoms with van der Waals surface area (Å²) in [5.74, 6) is -6.55. The van der Waals surface area contributed by atoms with Crippen LogP contribution >= 0.6 is 0 Å². The largest absolute Gasteiger partial charge is 0.456 e. The number of unbranched alkanes of at least 4 members (excludes halogenated alkanes) is 2. The third-order valence-electron chi connectivity index (χ3n) is 13.5. The van der Waals surface area contributed by atoms with Crippen molar-refractivity contribution in [2.75, 3.05) is 6.61 Å². The molecule has 2 bridgehead atoms. The quantitative estimate of drug-likeness (QED) is 0.0969. The molecule has 0 radical (unpaired) electrons. The van der Waals surface area contributed by atoms with Gasteiger partial charge < -0.3 is 44.3 Å². The number of esters is 4. The predicted molar refractivity (Wildman–Crippen MR) is 216 cm³/mol. The van der Waals surface area contributed by atoms with E-state index in [0.29, 0.717) is 12.0 Å². The van der Waals surface area contributed by atoms with Gasteiger partial charge in [0.2, 0.25) is 5.91 Å². The van der Waals surface area contributed by atoms with Crippen molar-refractivity contribution in [3.05, 3.63) is 82.9 Å². The van der Waals surface area contributed by atoms with Gasteiger partial charge in [0, 0.05) is 38.5 Å². The van der Waals surface area contributed by atoms with E-state index in [2.05, 4.69) is 5.32 Å². The van der Waals surface area contributed by atoms with Gasteiger partial charge in [-0.2, -0.15) is 0 Å². The second-order valence-electron chi connectivity index (χ2n) is 17.5. The highest BCUT2D eigenvalue weighted by Crippen LogP contribution is 2.64. The number of benzene rings is 2. The molecule has 330 valence electrons. The van der Waals surface area contributed by atoms with E-state index >= 15 is 4.79 Å². The van der Waals surface area contributed by atoms with Crippen molar-refractivity contribution in [2.24, 2.45) is 16.7 Å². The van der Waals surface area contributed by atoms with Crippen molar-refractivity contribution in [1.29, 1.82) is 0 Å².